The zero-order valence-electron chi connectivity index (χ0n) is 33.2. The van der Waals surface area contributed by atoms with Gasteiger partial charge in [-0.05, 0) is 44.9 Å². The molecule has 0 fully saturated rings. The number of methoxy groups -OCH3 is 2. The number of rotatable bonds is 12. The Balaban J connectivity index is 0.000000256. The minimum atomic E-state index is -4.18. The van der Waals surface area contributed by atoms with E-state index in [0.29, 0.717) is 27.9 Å². The van der Waals surface area contributed by atoms with E-state index in [9.17, 15) is 22.6 Å². The van der Waals surface area contributed by atoms with Crippen LogP contribution in [-0.4, -0.2) is 92.9 Å². The zero-order chi connectivity index (χ0) is 44.8. The zero-order valence-corrected chi connectivity index (χ0v) is 37.9. The fraction of sp³-hybridized carbons (Fsp3) is 0.412. The van der Waals surface area contributed by atoms with E-state index in [4.69, 9.17) is 80.8 Å². The van der Waals surface area contributed by atoms with Crippen molar-refractivity contribution in [1.29, 1.82) is 0 Å². The van der Waals surface area contributed by atoms with Crippen molar-refractivity contribution in [1.82, 2.24) is 29.4 Å². The smallest absolute Gasteiger partial charge is 0.442 e. The molecule has 0 saturated heterocycles. The lowest BCUT2D eigenvalue weighted by atomic mass is 9.97. The maximum absolute atomic E-state index is 12.7. The molecule has 0 saturated carbocycles. The van der Waals surface area contributed by atoms with E-state index in [1.807, 2.05) is 34.6 Å². The van der Waals surface area contributed by atoms with Crippen LogP contribution in [0, 0.1) is 6.92 Å². The minimum absolute atomic E-state index is 0.0111. The molecular formula is C34H43Cl4N8O11PS. The lowest BCUT2D eigenvalue weighted by molar-refractivity contribution is -0.138. The summed E-state index contributed by atoms with van der Waals surface area (Å²) in [5.41, 5.74) is 5.77. The summed E-state index contributed by atoms with van der Waals surface area (Å²) in [4.78, 5) is 38.9. The van der Waals surface area contributed by atoms with Gasteiger partial charge in [-0.1, -0.05) is 73.2 Å². The molecule has 19 nitrogen and oxygen atoms in total. The summed E-state index contributed by atoms with van der Waals surface area (Å²) in [6, 6.07) is 6.73. The summed E-state index contributed by atoms with van der Waals surface area (Å²) in [7, 11) is -4.47. The first-order valence-electron chi connectivity index (χ1n) is 17.1. The predicted molar refractivity (Wildman–Crippen MR) is 223 cm³/mol. The van der Waals surface area contributed by atoms with E-state index in [0.717, 1.165) is 9.20 Å². The fourth-order valence-corrected chi connectivity index (χ4v) is 7.16. The molecule has 3 heterocycles. The molecule has 0 bridgehead atoms. The van der Waals surface area contributed by atoms with Crippen LogP contribution in [0.3, 0.4) is 0 Å². The van der Waals surface area contributed by atoms with E-state index in [1.54, 1.807) is 19.1 Å². The first-order valence-corrected chi connectivity index (χ1v) is 22.3. The number of sulfonamides is 1. The first-order chi connectivity index (χ1) is 27.2. The third kappa shape index (κ3) is 13.4. The molecule has 25 heteroatoms. The van der Waals surface area contributed by atoms with E-state index >= 15 is 0 Å². The molecule has 324 valence electrons. The summed E-state index contributed by atoms with van der Waals surface area (Å²) < 4.78 is 61.6. The number of anilines is 1. The van der Waals surface area contributed by atoms with Crippen LogP contribution < -0.4 is 30.4 Å². The molecule has 3 aromatic heterocycles. The summed E-state index contributed by atoms with van der Waals surface area (Å²) in [5, 5.41) is 16.9. The van der Waals surface area contributed by atoms with Gasteiger partial charge in [-0.2, -0.15) is 27.6 Å². The van der Waals surface area contributed by atoms with Gasteiger partial charge >= 0.3 is 11.7 Å². The van der Waals surface area contributed by atoms with E-state index in [2.05, 4.69) is 24.9 Å². The Morgan fingerprint density at radius 1 is 1.03 bits per heavy atom. The van der Waals surface area contributed by atoms with Crippen LogP contribution in [0.4, 0.5) is 5.69 Å². The highest BCUT2D eigenvalue weighted by atomic mass is 35.5. The number of benzene rings is 2. The average Bonchev–Trinajstić information content (AvgIpc) is 3.76. The number of halogens is 4. The van der Waals surface area contributed by atoms with Crippen LogP contribution in [0.15, 0.2) is 44.7 Å². The Morgan fingerprint density at radius 2 is 1.68 bits per heavy atom. The van der Waals surface area contributed by atoms with Crippen LogP contribution in [0.25, 0.3) is 11.5 Å². The van der Waals surface area contributed by atoms with Crippen molar-refractivity contribution in [3.63, 3.8) is 0 Å². The van der Waals surface area contributed by atoms with Crippen LogP contribution in [-0.2, 0) is 24.8 Å². The van der Waals surface area contributed by atoms with Gasteiger partial charge in [0, 0.05) is 24.3 Å². The number of nitrogens with one attached hydrogen (secondary N) is 1. The van der Waals surface area contributed by atoms with Crippen molar-refractivity contribution in [3.05, 3.63) is 72.4 Å². The Morgan fingerprint density at radius 3 is 2.20 bits per heavy atom. The number of aryl methyl sites for hydroxylation is 1. The molecule has 59 heavy (non-hydrogen) atoms. The number of fused-ring (bicyclic) bond motifs is 1. The first kappa shape index (κ1) is 49.2. The monoisotopic (exact) mass is 942 g/mol. The number of aromatic nitrogens is 6. The lowest BCUT2D eigenvalue weighted by Crippen LogP contribution is -2.30. The quantitative estimate of drug-likeness (QED) is 0.0977. The van der Waals surface area contributed by atoms with E-state index in [1.165, 1.54) is 39.1 Å². The lowest BCUT2D eigenvalue weighted by Gasteiger charge is -2.13. The molecule has 2 atom stereocenters. The summed E-state index contributed by atoms with van der Waals surface area (Å²) in [5.74, 6) is -0.597. The molecule has 5 aromatic rings. The number of carbonyl (C=O) groups is 1. The Kier molecular flexibility index (Phi) is 16.6. The molecule has 2 aromatic carbocycles. The normalized spacial score (nSPS) is 13.1. The van der Waals surface area contributed by atoms with Crippen LogP contribution in [0.1, 0.15) is 52.5 Å². The van der Waals surface area contributed by atoms with Crippen LogP contribution in [0.2, 0.25) is 20.1 Å². The molecule has 5 N–H and O–H groups in total. The third-order valence-electron chi connectivity index (χ3n) is 7.37. The van der Waals surface area contributed by atoms with Gasteiger partial charge in [-0.25, -0.2) is 4.79 Å². The summed E-state index contributed by atoms with van der Waals surface area (Å²) >= 11 is 24.5. The number of nitrogens with zero attached hydrogens (tertiary/aromatic N) is 6. The van der Waals surface area contributed by atoms with Crippen LogP contribution in [0.5, 0.6) is 17.5 Å². The molecule has 0 spiro atoms. The van der Waals surface area contributed by atoms with Gasteiger partial charge in [0.05, 0.1) is 57.9 Å². The highest BCUT2D eigenvalue weighted by molar-refractivity contribution is 7.92. The number of hydrogen-bond donors (Lipinski definition) is 4. The summed E-state index contributed by atoms with van der Waals surface area (Å²) in [6.45, 7) is 12.4. The van der Waals surface area contributed by atoms with Crippen molar-refractivity contribution in [3.8, 4) is 23.2 Å². The second-order valence-corrected chi connectivity index (χ2v) is 19.6. The largest absolute Gasteiger partial charge is 0.489 e. The average molecular weight is 945 g/mol. The van der Waals surface area contributed by atoms with Crippen molar-refractivity contribution in [2.75, 3.05) is 31.8 Å². The SMILES string of the molecule is CC(C)Oc1cc(-n2nc(C(C)(C)C)oc2=O)c(Cl)cc1Cl.COc1cc(OC)n2nc(S(=O)(=O)Nc3c(Cl)ccc(C)c3Cl)nc2n1.CP(=O)(O)CCC(N)C(=O)O. The van der Waals surface area contributed by atoms with Crippen molar-refractivity contribution in [2.24, 2.45) is 5.73 Å². The molecule has 2 unspecified atom stereocenters. The van der Waals surface area contributed by atoms with Gasteiger partial charge in [0.2, 0.25) is 17.7 Å². The van der Waals surface area contributed by atoms with Gasteiger partial charge in [0.25, 0.3) is 21.0 Å². The van der Waals surface area contributed by atoms with Gasteiger partial charge < -0.3 is 34.4 Å². The number of hydrogen-bond acceptors (Lipinski definition) is 14. The molecule has 0 aliphatic heterocycles. The summed E-state index contributed by atoms with van der Waals surface area (Å²) in [6.07, 6.45) is -0.0641. The maximum atomic E-state index is 12.7. The van der Waals surface area contributed by atoms with Gasteiger partial charge in [0.1, 0.15) is 11.8 Å². The van der Waals surface area contributed by atoms with Gasteiger partial charge in [-0.3, -0.25) is 14.1 Å². The Hall–Kier alpha value is -4.14. The van der Waals surface area contributed by atoms with Crippen molar-refractivity contribution >= 4 is 81.2 Å². The maximum Gasteiger partial charge on any atom is 0.442 e. The third-order valence-corrected chi connectivity index (χ3v) is 11.0. The van der Waals surface area contributed by atoms with E-state index in [-0.39, 0.29) is 62.4 Å². The number of aliphatic carboxylic acids is 1. The Labute approximate surface area is 359 Å². The molecule has 0 radical (unpaired) electrons. The van der Waals surface area contributed by atoms with Gasteiger partial charge in [0.15, 0.2) is 7.37 Å². The van der Waals surface area contributed by atoms with Crippen molar-refractivity contribution < 1.29 is 46.4 Å². The number of nitrogens with two attached hydrogens (primary N) is 1. The second kappa shape index (κ2) is 19.9. The highest BCUT2D eigenvalue weighted by Gasteiger charge is 2.26. The molecule has 5 rings (SSSR count). The van der Waals surface area contributed by atoms with E-state index < -0.39 is 40.3 Å². The molecule has 0 aliphatic rings. The number of ether oxygens (including phenoxy) is 3. The minimum Gasteiger partial charge on any atom is -0.489 e. The molecule has 0 amide bonds. The van der Waals surface area contributed by atoms with Gasteiger partial charge in [-0.15, -0.1) is 10.2 Å². The number of carboxylic acid groups (broad SMARTS) is 1. The molecule has 0 aliphatic carbocycles. The highest BCUT2D eigenvalue weighted by Crippen LogP contribution is 2.37. The topological polar surface area (TPSA) is 266 Å². The number of carboxylic acids is 1. The molecular weight excluding hydrogens is 901 g/mol. The Bertz CT molecular complexity index is 2520. The second-order valence-electron chi connectivity index (χ2n) is 13.8. The van der Waals surface area contributed by atoms with Crippen molar-refractivity contribution in [2.45, 2.75) is 70.7 Å². The van der Waals surface area contributed by atoms with Crippen LogP contribution >= 0.6 is 53.8 Å². The standard InChI is InChI=1S/C15H18Cl2N2O3.C14H13Cl2N5O4S.C5H12NO4P/c1-8(2)21-12-7-11(9(16)6-10(12)17)19-14(20)22-13(18-19)15(3,4)5;1-7-4-5-8(15)12(11(7)16)20-26(22,23)14-18-13-17-9(24-2)6-10(25-3)21(13)19-14;1-11(9,10)3-2-4(6)5(7)8/h6-8H,1-5H3;4-6,20H,1-3H3;4H,2-3,6H2,1H3,(H,7,8)(H,9,10). The predicted octanol–water partition coefficient (Wildman–Crippen LogP) is 6.46. The fourth-order valence-electron chi connectivity index (χ4n) is 4.36.